The molecule has 13 heavy (non-hydrogen) atoms. The molecule has 1 aromatic carbocycles. The number of hydrogen-bond donors (Lipinski definition) is 2. The molecule has 2 N–H and O–H groups in total. The van der Waals surface area contributed by atoms with Gasteiger partial charge in [-0.25, -0.2) is 0 Å². The maximum absolute atomic E-state index is 9.03. The number of nitrogens with one attached hydrogen (secondary N) is 1. The van der Waals surface area contributed by atoms with Gasteiger partial charge < -0.3 is 10.4 Å². The first-order chi connectivity index (χ1) is 6.22. The van der Waals surface area contributed by atoms with Crippen molar-refractivity contribution in [2.75, 3.05) is 11.1 Å². The van der Waals surface area contributed by atoms with Gasteiger partial charge in [-0.2, -0.15) is 0 Å². The van der Waals surface area contributed by atoms with E-state index in [4.69, 9.17) is 17.3 Å². The highest BCUT2D eigenvalue weighted by molar-refractivity contribution is 8.23. The Morgan fingerprint density at radius 1 is 1.46 bits per heavy atom. The van der Waals surface area contributed by atoms with Crippen LogP contribution in [0.5, 0.6) is 5.75 Å². The number of thiocarbonyl (C=S) groups is 1. The molecule has 0 amide bonds. The van der Waals surface area contributed by atoms with Gasteiger partial charge >= 0.3 is 0 Å². The van der Waals surface area contributed by atoms with Gasteiger partial charge in [0, 0.05) is 5.69 Å². The van der Waals surface area contributed by atoms with E-state index in [-0.39, 0.29) is 5.75 Å². The van der Waals surface area contributed by atoms with Crippen molar-refractivity contribution in [1.82, 2.24) is 0 Å². The summed E-state index contributed by atoms with van der Waals surface area (Å²) in [4.78, 5) is 0. The molecule has 0 fully saturated rings. The zero-order chi connectivity index (χ0) is 9.68. The zero-order valence-corrected chi connectivity index (χ0v) is 8.91. The van der Waals surface area contributed by atoms with E-state index >= 15 is 0 Å². The van der Waals surface area contributed by atoms with Crippen LogP contribution in [0.3, 0.4) is 0 Å². The minimum absolute atomic E-state index is 0.264. The van der Waals surface area contributed by atoms with Gasteiger partial charge in [-0.3, -0.25) is 0 Å². The van der Waals surface area contributed by atoms with Crippen LogP contribution in [-0.2, 0) is 0 Å². The maximum Gasteiger partial charge on any atom is 0.138 e. The molecule has 1 aromatic rings. The Balaban J connectivity index is 2.54. The lowest BCUT2D eigenvalue weighted by molar-refractivity contribution is 0.475. The van der Waals surface area contributed by atoms with Gasteiger partial charge in [0.15, 0.2) is 0 Å². The summed E-state index contributed by atoms with van der Waals surface area (Å²) in [5.41, 5.74) is 0.906. The molecule has 0 aliphatic carbocycles. The predicted octanol–water partition coefficient (Wildman–Crippen LogP) is 2.84. The van der Waals surface area contributed by atoms with Gasteiger partial charge in [0.1, 0.15) is 10.1 Å². The molecule has 0 bridgehead atoms. The van der Waals surface area contributed by atoms with E-state index < -0.39 is 0 Å². The minimum atomic E-state index is 0.264. The fourth-order valence-corrected chi connectivity index (χ4v) is 1.75. The van der Waals surface area contributed by atoms with Crippen LogP contribution < -0.4 is 5.32 Å². The molecule has 2 nitrogen and oxygen atoms in total. The van der Waals surface area contributed by atoms with Crippen molar-refractivity contribution in [1.29, 1.82) is 0 Å². The molecule has 1 rings (SSSR count). The molecular weight excluding hydrogens is 202 g/mol. The largest absolute Gasteiger partial charge is 0.508 e. The molecular formula is C9H11NOS2. The van der Waals surface area contributed by atoms with Crippen LogP contribution in [0.4, 0.5) is 5.69 Å². The second-order valence-corrected chi connectivity index (χ2v) is 4.33. The van der Waals surface area contributed by atoms with Crippen LogP contribution >= 0.6 is 24.0 Å². The molecule has 0 saturated heterocycles. The summed E-state index contributed by atoms with van der Waals surface area (Å²) >= 11 is 6.65. The summed E-state index contributed by atoms with van der Waals surface area (Å²) in [6, 6.07) is 6.83. The Bertz CT molecular complexity index is 284. The van der Waals surface area contributed by atoms with Crippen molar-refractivity contribution in [3.05, 3.63) is 24.3 Å². The molecule has 0 spiro atoms. The van der Waals surface area contributed by atoms with Crippen molar-refractivity contribution in [2.24, 2.45) is 0 Å². The lowest BCUT2D eigenvalue weighted by Gasteiger charge is -2.05. The molecule has 0 atom stereocenters. The Morgan fingerprint density at radius 3 is 2.62 bits per heavy atom. The quantitative estimate of drug-likeness (QED) is 0.584. The Morgan fingerprint density at radius 2 is 2.08 bits per heavy atom. The topological polar surface area (TPSA) is 32.3 Å². The van der Waals surface area contributed by atoms with E-state index in [2.05, 4.69) is 12.2 Å². The third kappa shape index (κ3) is 3.65. The van der Waals surface area contributed by atoms with Gasteiger partial charge in [0.2, 0.25) is 0 Å². The summed E-state index contributed by atoms with van der Waals surface area (Å²) in [5.74, 6) is 1.23. The fraction of sp³-hybridized carbons (Fsp3) is 0.222. The minimum Gasteiger partial charge on any atom is -0.508 e. The van der Waals surface area contributed by atoms with Gasteiger partial charge in [-0.1, -0.05) is 30.9 Å². The standard InChI is InChI=1S/C9H11NOS2/c1-2-13-9(12)10-7-3-5-8(11)6-4-7/h3-6,11H,2H2,1H3,(H,10,12). The summed E-state index contributed by atoms with van der Waals surface area (Å²) in [5, 5.41) is 12.1. The molecule has 0 saturated carbocycles. The van der Waals surface area contributed by atoms with Crippen LogP contribution in [0.15, 0.2) is 24.3 Å². The van der Waals surface area contributed by atoms with Gasteiger partial charge in [-0.05, 0) is 30.0 Å². The van der Waals surface area contributed by atoms with Crippen molar-refractivity contribution < 1.29 is 5.11 Å². The normalized spacial score (nSPS) is 9.62. The van der Waals surface area contributed by atoms with Gasteiger partial charge in [0.05, 0.1) is 0 Å². The molecule has 4 heteroatoms. The SMILES string of the molecule is CCSC(=S)Nc1ccc(O)cc1. The molecule has 0 aliphatic rings. The number of benzene rings is 1. The second kappa shape index (κ2) is 5.09. The van der Waals surface area contributed by atoms with E-state index in [1.165, 1.54) is 0 Å². The summed E-state index contributed by atoms with van der Waals surface area (Å²) in [6.07, 6.45) is 0. The molecule has 0 unspecified atom stereocenters. The number of phenols is 1. The van der Waals surface area contributed by atoms with E-state index in [1.54, 1.807) is 36.0 Å². The lowest BCUT2D eigenvalue weighted by Crippen LogP contribution is -2.04. The van der Waals surface area contributed by atoms with Crippen molar-refractivity contribution in [2.45, 2.75) is 6.92 Å². The Hall–Kier alpha value is -0.740. The average molecular weight is 213 g/mol. The number of phenolic OH excluding ortho intramolecular Hbond substituents is 1. The molecule has 0 aliphatic heterocycles. The van der Waals surface area contributed by atoms with E-state index in [0.717, 1.165) is 15.8 Å². The van der Waals surface area contributed by atoms with Gasteiger partial charge in [-0.15, -0.1) is 0 Å². The summed E-state index contributed by atoms with van der Waals surface area (Å²) < 4.78 is 0.758. The molecule has 0 radical (unpaired) electrons. The number of anilines is 1. The Labute approximate surface area is 87.4 Å². The molecule has 70 valence electrons. The van der Waals surface area contributed by atoms with Crippen LogP contribution in [0.25, 0.3) is 0 Å². The van der Waals surface area contributed by atoms with E-state index in [1.807, 2.05) is 0 Å². The van der Waals surface area contributed by atoms with Crippen LogP contribution in [0, 0.1) is 0 Å². The monoisotopic (exact) mass is 213 g/mol. The zero-order valence-electron chi connectivity index (χ0n) is 7.28. The highest BCUT2D eigenvalue weighted by Gasteiger charge is 1.96. The predicted molar refractivity (Wildman–Crippen MR) is 62.5 cm³/mol. The van der Waals surface area contributed by atoms with Crippen LogP contribution in [0.1, 0.15) is 6.92 Å². The van der Waals surface area contributed by atoms with Crippen molar-refractivity contribution in [3.63, 3.8) is 0 Å². The number of rotatable bonds is 2. The molecule has 0 aromatic heterocycles. The smallest absolute Gasteiger partial charge is 0.138 e. The van der Waals surface area contributed by atoms with Crippen LogP contribution in [-0.4, -0.2) is 15.2 Å². The average Bonchev–Trinajstić information content (AvgIpc) is 2.09. The highest BCUT2D eigenvalue weighted by Crippen LogP contribution is 2.15. The fourth-order valence-electron chi connectivity index (χ4n) is 0.830. The Kier molecular flexibility index (Phi) is 4.05. The third-order valence-electron chi connectivity index (χ3n) is 1.39. The summed E-state index contributed by atoms with van der Waals surface area (Å²) in [7, 11) is 0. The first kappa shape index (κ1) is 10.3. The first-order valence-electron chi connectivity index (χ1n) is 3.95. The number of hydrogen-bond acceptors (Lipinski definition) is 3. The third-order valence-corrected chi connectivity index (χ3v) is 2.50. The van der Waals surface area contributed by atoms with Crippen LogP contribution in [0.2, 0.25) is 0 Å². The second-order valence-electron chi connectivity index (χ2n) is 2.39. The highest BCUT2D eigenvalue weighted by atomic mass is 32.2. The lowest BCUT2D eigenvalue weighted by atomic mass is 10.3. The van der Waals surface area contributed by atoms with E-state index in [0.29, 0.717) is 0 Å². The summed E-state index contributed by atoms with van der Waals surface area (Å²) in [6.45, 7) is 2.05. The van der Waals surface area contributed by atoms with Crippen molar-refractivity contribution in [3.8, 4) is 5.75 Å². The first-order valence-corrected chi connectivity index (χ1v) is 5.34. The van der Waals surface area contributed by atoms with Crippen molar-refractivity contribution >= 4 is 34.0 Å². The van der Waals surface area contributed by atoms with Gasteiger partial charge in [0.25, 0.3) is 0 Å². The van der Waals surface area contributed by atoms with E-state index in [9.17, 15) is 0 Å². The molecule has 0 heterocycles. The number of thioether (sulfide) groups is 1. The maximum atomic E-state index is 9.03. The number of aromatic hydroxyl groups is 1.